The van der Waals surface area contributed by atoms with Gasteiger partial charge in [-0.15, -0.1) is 0 Å². The van der Waals surface area contributed by atoms with Crippen molar-refractivity contribution in [3.63, 3.8) is 0 Å². The summed E-state index contributed by atoms with van der Waals surface area (Å²) in [5, 5.41) is -4.08. The average molecular weight is 355 g/mol. The number of hydrogen-bond acceptors (Lipinski definition) is 5. The first-order valence-electron chi connectivity index (χ1n) is 4.08. The summed E-state index contributed by atoms with van der Waals surface area (Å²) >= 11 is 0. The number of alkyl halides is 6. The van der Waals surface area contributed by atoms with E-state index in [2.05, 4.69) is 6.58 Å². The van der Waals surface area contributed by atoms with E-state index in [1.807, 2.05) is 0 Å². The molecule has 15 heteroatoms. The van der Waals surface area contributed by atoms with Crippen molar-refractivity contribution in [2.45, 2.75) is 16.9 Å². The predicted molar refractivity (Wildman–Crippen MR) is 52.3 cm³/mol. The number of carbonyl (C=O) groups excluding carboxylic acids is 1. The van der Waals surface area contributed by atoms with Crippen LogP contribution in [0.1, 0.15) is 0 Å². The third-order valence-corrected chi connectivity index (χ3v) is 4.85. The van der Waals surface area contributed by atoms with Crippen LogP contribution < -0.4 is 18.9 Å². The van der Waals surface area contributed by atoms with Crippen LogP contribution in [-0.2, 0) is 24.8 Å². The zero-order valence-electron chi connectivity index (χ0n) is 9.93. The van der Waals surface area contributed by atoms with Crippen molar-refractivity contribution in [3.05, 3.63) is 16.8 Å². The van der Waals surface area contributed by atoms with E-state index in [0.29, 0.717) is 0 Å². The molecule has 0 aliphatic carbocycles. The second-order valence-electron chi connectivity index (χ2n) is 3.04. The van der Waals surface area contributed by atoms with Crippen LogP contribution in [0.15, 0.2) is 12.7 Å². The van der Waals surface area contributed by atoms with Crippen LogP contribution in [0.3, 0.4) is 0 Å². The Labute approximate surface area is 126 Å². The van der Waals surface area contributed by atoms with Crippen LogP contribution in [0.25, 0.3) is 4.13 Å². The molecule has 0 amide bonds. The fourth-order valence-corrected chi connectivity index (χ4v) is 3.31. The first-order valence-corrected chi connectivity index (χ1v) is 7.03. The van der Waals surface area contributed by atoms with Gasteiger partial charge in [0.2, 0.25) is 5.25 Å². The number of allylic oxidation sites excluding steroid dienone is 1. The van der Waals surface area contributed by atoms with Gasteiger partial charge in [-0.25, -0.2) is 16.8 Å². The molecule has 0 aromatic heterocycles. The Morgan fingerprint density at radius 2 is 1.43 bits per heavy atom. The van der Waals surface area contributed by atoms with Gasteiger partial charge in [0.05, 0.1) is 0 Å². The first kappa shape index (κ1) is 22.7. The molecule has 0 aromatic carbocycles. The normalized spacial score (nSPS) is 15.0. The van der Waals surface area contributed by atoms with Gasteiger partial charge in [0.25, 0.3) is 0 Å². The monoisotopic (exact) mass is 355 g/mol. The standard InChI is InChI=1S/C6H4F6NO5S2.Li/c1-2-3(14)4(5(7,8)9)19(15,16)13-20(17,18)6(10,11)12;/h2,4H,1H2;/q-1;+1. The topological polar surface area (TPSA) is 99.4 Å². The Kier molecular flexibility index (Phi) is 7.24. The van der Waals surface area contributed by atoms with E-state index in [-0.39, 0.29) is 24.9 Å². The van der Waals surface area contributed by atoms with Crippen molar-refractivity contribution in [2.75, 3.05) is 0 Å². The van der Waals surface area contributed by atoms with E-state index in [4.69, 9.17) is 0 Å². The van der Waals surface area contributed by atoms with Crippen LogP contribution in [-0.4, -0.2) is 39.6 Å². The zero-order valence-corrected chi connectivity index (χ0v) is 11.6. The summed E-state index contributed by atoms with van der Waals surface area (Å²) in [4.78, 5) is 10.8. The molecular weight excluding hydrogens is 351 g/mol. The summed E-state index contributed by atoms with van der Waals surface area (Å²) in [6, 6.07) is 0. The molecule has 118 valence electrons. The molecule has 0 saturated carbocycles. The molecule has 0 bridgehead atoms. The third kappa shape index (κ3) is 5.62. The van der Waals surface area contributed by atoms with Crippen LogP contribution in [0, 0.1) is 0 Å². The van der Waals surface area contributed by atoms with Crippen molar-refractivity contribution >= 4 is 25.8 Å². The number of hydrogen-bond donors (Lipinski definition) is 0. The molecule has 0 aliphatic heterocycles. The van der Waals surface area contributed by atoms with E-state index < -0.39 is 42.8 Å². The molecule has 0 heterocycles. The van der Waals surface area contributed by atoms with E-state index in [9.17, 15) is 48.0 Å². The molecule has 6 nitrogen and oxygen atoms in total. The summed E-state index contributed by atoms with van der Waals surface area (Å²) in [5.74, 6) is -2.27. The van der Waals surface area contributed by atoms with Gasteiger partial charge in [0, 0.05) is 0 Å². The molecule has 1 unspecified atom stereocenters. The number of carbonyl (C=O) groups is 1. The van der Waals surface area contributed by atoms with Crippen LogP contribution in [0.4, 0.5) is 26.3 Å². The predicted octanol–water partition coefficient (Wildman–Crippen LogP) is -1.77. The Hall–Kier alpha value is -0.553. The Bertz CT molecular complexity index is 607. The first-order chi connectivity index (χ1) is 8.56. The van der Waals surface area contributed by atoms with Crippen LogP contribution in [0.5, 0.6) is 0 Å². The molecule has 0 fully saturated rings. The van der Waals surface area contributed by atoms with Gasteiger partial charge in [0.1, 0.15) is 10.0 Å². The number of rotatable bonds is 5. The quantitative estimate of drug-likeness (QED) is 0.330. The maximum absolute atomic E-state index is 12.3. The second-order valence-corrected chi connectivity index (χ2v) is 6.55. The number of halogens is 6. The van der Waals surface area contributed by atoms with Crippen molar-refractivity contribution < 1.29 is 66.8 Å². The van der Waals surface area contributed by atoms with E-state index >= 15 is 0 Å². The van der Waals surface area contributed by atoms with Gasteiger partial charge in [-0.2, -0.15) is 26.3 Å². The molecule has 1 atom stereocenters. The molecule has 0 saturated heterocycles. The van der Waals surface area contributed by atoms with Gasteiger partial charge in [-0.1, -0.05) is 6.58 Å². The largest absolute Gasteiger partial charge is 1.00 e. The van der Waals surface area contributed by atoms with Crippen molar-refractivity contribution in [3.8, 4) is 0 Å². The molecule has 0 radical (unpaired) electrons. The van der Waals surface area contributed by atoms with Gasteiger partial charge >= 0.3 is 30.5 Å². The minimum Gasteiger partial charge on any atom is -0.428 e. The summed E-state index contributed by atoms with van der Waals surface area (Å²) in [7, 11) is -13.1. The fraction of sp³-hybridized carbons (Fsp3) is 0.500. The fourth-order valence-electron chi connectivity index (χ4n) is 0.806. The van der Waals surface area contributed by atoms with Gasteiger partial charge in [-0.05, 0) is 6.08 Å². The summed E-state index contributed by atoms with van der Waals surface area (Å²) < 4.78 is 117. The smallest absolute Gasteiger partial charge is 0.428 e. The Morgan fingerprint density at radius 1 is 1.05 bits per heavy atom. The van der Waals surface area contributed by atoms with Gasteiger partial charge in [0.15, 0.2) is 15.8 Å². The maximum atomic E-state index is 12.3. The second kappa shape index (κ2) is 6.69. The molecule has 21 heavy (non-hydrogen) atoms. The van der Waals surface area contributed by atoms with Crippen molar-refractivity contribution in [2.24, 2.45) is 0 Å². The van der Waals surface area contributed by atoms with Crippen LogP contribution in [0.2, 0.25) is 0 Å². The Morgan fingerprint density at radius 3 is 1.67 bits per heavy atom. The third-order valence-electron chi connectivity index (χ3n) is 1.55. The molecule has 0 aromatic rings. The van der Waals surface area contributed by atoms with Gasteiger partial charge in [-0.3, -0.25) is 4.79 Å². The molecular formula is C6H4F6LiNO5S2. The average Bonchev–Trinajstić information content (AvgIpc) is 2.10. The van der Waals surface area contributed by atoms with Crippen LogP contribution >= 0.6 is 0 Å². The van der Waals surface area contributed by atoms with Gasteiger partial charge < -0.3 is 4.13 Å². The SMILES string of the molecule is C=CC(=O)C(C(F)(F)F)S(=O)(=O)[N-]S(=O)(=O)C(F)(F)F.[Li+]. The van der Waals surface area contributed by atoms with Crippen molar-refractivity contribution in [1.82, 2.24) is 0 Å². The van der Waals surface area contributed by atoms with E-state index in [0.717, 1.165) is 0 Å². The molecule has 0 aliphatic rings. The van der Waals surface area contributed by atoms with E-state index in [1.165, 1.54) is 4.13 Å². The summed E-state index contributed by atoms with van der Waals surface area (Å²) in [6.45, 7) is 2.53. The summed E-state index contributed by atoms with van der Waals surface area (Å²) in [6.07, 6.45) is -6.00. The molecule has 0 spiro atoms. The zero-order chi connectivity index (χ0) is 16.6. The Balaban J connectivity index is 0. The number of ketones is 1. The number of nitrogens with zero attached hydrogens (tertiary/aromatic N) is 1. The minimum atomic E-state index is -6.75. The minimum absolute atomic E-state index is 0. The summed E-state index contributed by atoms with van der Waals surface area (Å²) in [5.41, 5.74) is -6.23. The van der Waals surface area contributed by atoms with Crippen molar-refractivity contribution in [1.29, 1.82) is 0 Å². The van der Waals surface area contributed by atoms with E-state index in [1.54, 1.807) is 0 Å². The number of sulfonamides is 2. The molecule has 0 N–H and O–H groups in total. The maximum Gasteiger partial charge on any atom is 1.00 e. The molecule has 0 rings (SSSR count).